The Labute approximate surface area is 230 Å². The first-order chi connectivity index (χ1) is 17.7. The average Bonchev–Trinajstić information content (AvgIpc) is 3.81. The Hall–Kier alpha value is -2.65. The predicted molar refractivity (Wildman–Crippen MR) is 148 cm³/mol. The lowest BCUT2D eigenvalue weighted by molar-refractivity contribution is -0.120. The molecule has 3 heterocycles. The molecule has 4 aliphatic rings. The van der Waals surface area contributed by atoms with Crippen LogP contribution in [0.15, 0.2) is 35.4 Å². The molecule has 4 fully saturated rings. The smallest absolute Gasteiger partial charge is 0.255 e. The van der Waals surface area contributed by atoms with Crippen molar-refractivity contribution in [1.82, 2.24) is 15.2 Å². The maximum absolute atomic E-state index is 13.5. The third-order valence-corrected chi connectivity index (χ3v) is 9.43. The maximum Gasteiger partial charge on any atom is 0.255 e. The summed E-state index contributed by atoms with van der Waals surface area (Å²) in [6, 6.07) is 7.21. The first-order valence-corrected chi connectivity index (χ1v) is 15.3. The molecule has 38 heavy (non-hydrogen) atoms. The number of nitrogens with zero attached hydrogens (tertiary/aromatic N) is 3. The molecule has 2 aliphatic heterocycles. The summed E-state index contributed by atoms with van der Waals surface area (Å²) in [5, 5.41) is 2.84. The zero-order valence-electron chi connectivity index (χ0n) is 21.9. The molecule has 1 N–H and O–H groups in total. The Bertz CT molecular complexity index is 1360. The summed E-state index contributed by atoms with van der Waals surface area (Å²) >= 11 is 0. The van der Waals surface area contributed by atoms with Crippen molar-refractivity contribution in [3.8, 4) is 0 Å². The molecular weight excluding hydrogens is 524 g/mol. The number of sulfone groups is 1. The molecule has 0 spiro atoms. The minimum atomic E-state index is -3.67. The van der Waals surface area contributed by atoms with Crippen LogP contribution in [-0.2, 0) is 14.6 Å². The van der Waals surface area contributed by atoms with Crippen molar-refractivity contribution in [3.63, 3.8) is 0 Å². The molecule has 0 bridgehead atoms. The number of amides is 2. The fourth-order valence-electron chi connectivity index (χ4n) is 5.83. The van der Waals surface area contributed by atoms with Gasteiger partial charge < -0.3 is 15.1 Å². The van der Waals surface area contributed by atoms with E-state index in [1.165, 1.54) is 42.9 Å². The number of hydrogen-bond acceptors (Lipinski definition) is 6. The van der Waals surface area contributed by atoms with Crippen LogP contribution in [0.25, 0.3) is 0 Å². The Kier molecular flexibility index (Phi) is 7.20. The largest absolute Gasteiger partial charge is 0.355 e. The third-order valence-electron chi connectivity index (χ3n) is 8.29. The minimum absolute atomic E-state index is 0. The zero-order valence-corrected chi connectivity index (χ0v) is 23.5. The van der Waals surface area contributed by atoms with Gasteiger partial charge in [-0.15, -0.1) is 12.4 Å². The van der Waals surface area contributed by atoms with E-state index in [1.807, 2.05) is 13.1 Å². The number of carbonyl (C=O) groups is 2. The topological polar surface area (TPSA) is 99.7 Å². The lowest BCUT2D eigenvalue weighted by Gasteiger charge is -2.36. The van der Waals surface area contributed by atoms with E-state index in [-0.39, 0.29) is 40.6 Å². The second kappa shape index (κ2) is 10.2. The van der Waals surface area contributed by atoms with Gasteiger partial charge in [0.15, 0.2) is 9.84 Å². The van der Waals surface area contributed by atoms with Crippen LogP contribution in [0, 0.1) is 5.92 Å². The van der Waals surface area contributed by atoms with E-state index < -0.39 is 15.8 Å². The van der Waals surface area contributed by atoms with Crippen molar-refractivity contribution in [3.05, 3.63) is 52.7 Å². The number of rotatable bonds is 6. The van der Waals surface area contributed by atoms with Gasteiger partial charge in [-0.05, 0) is 72.3 Å². The maximum atomic E-state index is 13.5. The first kappa shape index (κ1) is 26.9. The highest BCUT2D eigenvalue weighted by Crippen LogP contribution is 2.47. The predicted octanol–water partition coefficient (Wildman–Crippen LogP) is 3.47. The molecule has 2 saturated heterocycles. The summed E-state index contributed by atoms with van der Waals surface area (Å²) in [4.78, 5) is 34.7. The molecule has 1 aromatic carbocycles. The van der Waals surface area contributed by atoms with Crippen LogP contribution in [0.3, 0.4) is 0 Å². The van der Waals surface area contributed by atoms with E-state index in [0.29, 0.717) is 50.1 Å². The summed E-state index contributed by atoms with van der Waals surface area (Å²) < 4.78 is 25.4. The molecule has 2 saturated carbocycles. The highest BCUT2D eigenvalue weighted by Gasteiger charge is 2.36. The van der Waals surface area contributed by atoms with Gasteiger partial charge in [0.1, 0.15) is 5.82 Å². The number of piperazine rings is 1. The second-order valence-corrected chi connectivity index (χ2v) is 13.2. The second-order valence-electron chi connectivity index (χ2n) is 11.2. The molecule has 0 radical (unpaired) electrons. The number of pyridine rings is 1. The summed E-state index contributed by atoms with van der Waals surface area (Å²) in [5.41, 5.74) is 3.53. The van der Waals surface area contributed by atoms with Gasteiger partial charge in [-0.3, -0.25) is 9.59 Å². The van der Waals surface area contributed by atoms with Gasteiger partial charge in [0, 0.05) is 45.2 Å². The molecule has 6 rings (SSSR count). The van der Waals surface area contributed by atoms with Gasteiger partial charge in [0.25, 0.3) is 5.91 Å². The van der Waals surface area contributed by atoms with Gasteiger partial charge >= 0.3 is 0 Å². The standard InChI is InChI=1S/C28H34N4O4S.ClH/c1-17-15-30-27(33)25(17)20-7-8-22(24(14-20)37(2,35)36)28(34)32-11-9-31(10-12-32)26-23(19-5-6-19)13-21(16-29-26)18-3-4-18;/h7-8,13-14,16-19,25H,3-6,9-12,15H2,1-2H3,(H,30,33);1H/t17?,25-;/m1./s1. The number of anilines is 1. The summed E-state index contributed by atoms with van der Waals surface area (Å²) in [5.74, 6) is 1.58. The van der Waals surface area contributed by atoms with Gasteiger partial charge in [-0.25, -0.2) is 13.4 Å². The SMILES string of the molecule is CC1CNC(=O)[C@H]1c1ccc(C(=O)N2CCN(c3ncc(C4CC4)cc3C3CC3)CC2)c(S(C)(=O)=O)c1.Cl. The lowest BCUT2D eigenvalue weighted by atomic mass is 9.89. The van der Waals surface area contributed by atoms with Crippen LogP contribution in [-0.4, -0.2) is 69.1 Å². The van der Waals surface area contributed by atoms with Crippen LogP contribution < -0.4 is 10.2 Å². The molecule has 2 amide bonds. The molecule has 1 aromatic heterocycles. The highest BCUT2D eigenvalue weighted by atomic mass is 35.5. The summed E-state index contributed by atoms with van der Waals surface area (Å²) in [6.45, 7) is 4.85. The van der Waals surface area contributed by atoms with Crippen LogP contribution in [0.2, 0.25) is 0 Å². The quantitative estimate of drug-likeness (QED) is 0.583. The average molecular weight is 559 g/mol. The Morgan fingerprint density at radius 2 is 1.68 bits per heavy atom. The minimum Gasteiger partial charge on any atom is -0.355 e. The Morgan fingerprint density at radius 3 is 2.26 bits per heavy atom. The van der Waals surface area contributed by atoms with Crippen LogP contribution >= 0.6 is 12.4 Å². The van der Waals surface area contributed by atoms with Gasteiger partial charge in [-0.1, -0.05) is 19.1 Å². The Morgan fingerprint density at radius 1 is 1.00 bits per heavy atom. The van der Waals surface area contributed by atoms with Crippen LogP contribution in [0.1, 0.15) is 77.4 Å². The molecule has 2 aliphatic carbocycles. The van der Waals surface area contributed by atoms with Crippen molar-refractivity contribution >= 4 is 39.9 Å². The van der Waals surface area contributed by atoms with Crippen molar-refractivity contribution in [2.75, 3.05) is 43.9 Å². The van der Waals surface area contributed by atoms with Gasteiger partial charge in [-0.2, -0.15) is 0 Å². The van der Waals surface area contributed by atoms with Gasteiger partial charge in [0.05, 0.1) is 16.4 Å². The molecule has 2 aromatic rings. The molecule has 1 unspecified atom stereocenters. The van der Waals surface area contributed by atoms with Gasteiger partial charge in [0.2, 0.25) is 5.91 Å². The molecule has 2 atom stereocenters. The van der Waals surface area contributed by atoms with E-state index in [4.69, 9.17) is 4.98 Å². The van der Waals surface area contributed by atoms with Crippen molar-refractivity contribution in [2.45, 2.75) is 55.3 Å². The summed E-state index contributed by atoms with van der Waals surface area (Å²) in [7, 11) is -3.67. The summed E-state index contributed by atoms with van der Waals surface area (Å²) in [6.07, 6.45) is 8.10. The van der Waals surface area contributed by atoms with Crippen molar-refractivity contribution in [1.29, 1.82) is 0 Å². The van der Waals surface area contributed by atoms with E-state index in [0.717, 1.165) is 12.1 Å². The lowest BCUT2D eigenvalue weighted by Crippen LogP contribution is -2.49. The number of aromatic nitrogens is 1. The number of carbonyl (C=O) groups excluding carboxylic acids is 2. The normalized spacial score (nSPS) is 23.7. The number of nitrogens with one attached hydrogen (secondary N) is 1. The molecule has 204 valence electrons. The van der Waals surface area contributed by atoms with E-state index in [1.54, 1.807) is 17.0 Å². The van der Waals surface area contributed by atoms with E-state index >= 15 is 0 Å². The van der Waals surface area contributed by atoms with E-state index in [9.17, 15) is 18.0 Å². The Balaban J connectivity index is 0.00000294. The highest BCUT2D eigenvalue weighted by molar-refractivity contribution is 7.90. The molecule has 8 nitrogen and oxygen atoms in total. The molecule has 10 heteroatoms. The third kappa shape index (κ3) is 5.15. The number of hydrogen-bond donors (Lipinski definition) is 1. The van der Waals surface area contributed by atoms with Crippen LogP contribution in [0.5, 0.6) is 0 Å². The van der Waals surface area contributed by atoms with Crippen molar-refractivity contribution < 1.29 is 18.0 Å². The first-order valence-electron chi connectivity index (χ1n) is 13.4. The van der Waals surface area contributed by atoms with E-state index in [2.05, 4.69) is 16.3 Å². The fraction of sp³-hybridized carbons (Fsp3) is 0.536. The van der Waals surface area contributed by atoms with Crippen molar-refractivity contribution in [2.24, 2.45) is 5.92 Å². The zero-order chi connectivity index (χ0) is 25.9. The molecular formula is C28H35ClN4O4S. The monoisotopic (exact) mass is 558 g/mol. The fourth-order valence-corrected chi connectivity index (χ4v) is 6.73. The number of halogens is 1. The van der Waals surface area contributed by atoms with Crippen LogP contribution in [0.4, 0.5) is 5.82 Å². The number of benzene rings is 1.